The van der Waals surface area contributed by atoms with Crippen LogP contribution < -0.4 is 10.2 Å². The molecule has 2 N–H and O–H groups in total. The third kappa shape index (κ3) is 2.72. The van der Waals surface area contributed by atoms with E-state index in [0.29, 0.717) is 10.2 Å². The van der Waals surface area contributed by atoms with Gasteiger partial charge < -0.3 is 10.2 Å². The highest BCUT2D eigenvalue weighted by Gasteiger charge is 2.19. The molecular weight excluding hydrogens is 265 g/mol. The molecule has 1 aromatic rings. The van der Waals surface area contributed by atoms with Gasteiger partial charge in [0.25, 0.3) is 0 Å². The Morgan fingerprint density at radius 2 is 1.93 bits per heavy atom. The van der Waals surface area contributed by atoms with Crippen LogP contribution in [0.2, 0.25) is 19.6 Å². The number of hydrogen-bond acceptors (Lipinski definition) is 2. The summed E-state index contributed by atoms with van der Waals surface area (Å²) in [4.78, 5) is 0. The fraction of sp³-hybridized carbons (Fsp3) is 0.333. The van der Waals surface area contributed by atoms with Crippen molar-refractivity contribution >= 4 is 29.9 Å². The Morgan fingerprint density at radius 1 is 1.36 bits per heavy atom. The van der Waals surface area contributed by atoms with Crippen molar-refractivity contribution in [3.05, 3.63) is 22.4 Å². The Labute approximate surface area is 92.5 Å². The Hall–Kier alpha value is -0.553. The van der Waals surface area contributed by atoms with E-state index in [0.717, 1.165) is 0 Å². The summed E-state index contributed by atoms with van der Waals surface area (Å²) in [6.45, 7) is 6.06. The molecule has 1 aromatic carbocycles. The number of anilines is 1. The molecule has 1 rings (SSSR count). The normalized spacial score (nSPS) is 11.5. The third-order valence-corrected chi connectivity index (χ3v) is 2.95. The average molecular weight is 278 g/mol. The highest BCUT2D eigenvalue weighted by Crippen LogP contribution is 2.31. The molecular formula is C9H13BrFNOSi. The minimum Gasteiger partial charge on any atom is -0.543 e. The van der Waals surface area contributed by atoms with Crippen molar-refractivity contribution in [1.82, 2.24) is 0 Å². The monoisotopic (exact) mass is 277 g/mol. The predicted molar refractivity (Wildman–Crippen MR) is 62.5 cm³/mol. The summed E-state index contributed by atoms with van der Waals surface area (Å²) in [5.74, 6) is -0.0226. The van der Waals surface area contributed by atoms with Crippen molar-refractivity contribution in [3.63, 3.8) is 0 Å². The summed E-state index contributed by atoms with van der Waals surface area (Å²) in [7, 11) is -1.73. The smallest absolute Gasteiger partial charge is 0.242 e. The van der Waals surface area contributed by atoms with Crippen molar-refractivity contribution in [3.8, 4) is 5.75 Å². The van der Waals surface area contributed by atoms with Crippen molar-refractivity contribution in [1.29, 1.82) is 0 Å². The van der Waals surface area contributed by atoms with Gasteiger partial charge in [-0.2, -0.15) is 0 Å². The molecule has 0 saturated carbocycles. The fourth-order valence-electron chi connectivity index (χ4n) is 0.967. The molecule has 14 heavy (non-hydrogen) atoms. The largest absolute Gasteiger partial charge is 0.543 e. The van der Waals surface area contributed by atoms with Gasteiger partial charge in [0.15, 0.2) is 5.82 Å². The number of halogens is 2. The van der Waals surface area contributed by atoms with Gasteiger partial charge in [-0.1, -0.05) is 0 Å². The lowest BCUT2D eigenvalue weighted by atomic mass is 10.3. The van der Waals surface area contributed by atoms with Crippen LogP contribution in [-0.2, 0) is 0 Å². The molecule has 5 heteroatoms. The first-order valence-corrected chi connectivity index (χ1v) is 8.44. The van der Waals surface area contributed by atoms with Crippen LogP contribution in [0, 0.1) is 5.82 Å². The lowest BCUT2D eigenvalue weighted by molar-refractivity contribution is 0.548. The second-order valence-corrected chi connectivity index (χ2v) is 9.27. The van der Waals surface area contributed by atoms with E-state index in [9.17, 15) is 4.39 Å². The second-order valence-electron chi connectivity index (χ2n) is 3.99. The van der Waals surface area contributed by atoms with Crippen LogP contribution in [0.25, 0.3) is 0 Å². The van der Waals surface area contributed by atoms with Gasteiger partial charge in [0, 0.05) is 0 Å². The fourth-order valence-corrected chi connectivity index (χ4v) is 2.15. The molecule has 0 aliphatic heterocycles. The summed E-state index contributed by atoms with van der Waals surface area (Å²) in [5.41, 5.74) is 5.65. The standard InChI is InChI=1S/C9H13BrFNOSi/c1-14(2,3)13-7-5-4-6(10)8(11)9(7)12/h4-5H,12H2,1-3H3. The van der Waals surface area contributed by atoms with Gasteiger partial charge in [0.2, 0.25) is 8.32 Å². The maximum Gasteiger partial charge on any atom is 0.242 e. The minimum atomic E-state index is -1.73. The molecule has 0 fully saturated rings. The molecule has 0 unspecified atom stereocenters. The van der Waals surface area contributed by atoms with Gasteiger partial charge >= 0.3 is 0 Å². The van der Waals surface area contributed by atoms with E-state index in [-0.39, 0.29) is 5.69 Å². The predicted octanol–water partition coefficient (Wildman–Crippen LogP) is 3.38. The van der Waals surface area contributed by atoms with Crippen LogP contribution in [0.1, 0.15) is 0 Å². The first kappa shape index (κ1) is 11.5. The van der Waals surface area contributed by atoms with Gasteiger partial charge in [0.1, 0.15) is 11.4 Å². The number of nitrogen functional groups attached to an aromatic ring is 1. The highest BCUT2D eigenvalue weighted by atomic mass is 79.9. The SMILES string of the molecule is C[Si](C)(C)Oc1ccc(Br)c(F)c1N. The summed E-state index contributed by atoms with van der Waals surface area (Å²) < 4.78 is 19.3. The Morgan fingerprint density at radius 3 is 2.43 bits per heavy atom. The van der Waals surface area contributed by atoms with Crippen LogP contribution in [0.3, 0.4) is 0 Å². The van der Waals surface area contributed by atoms with E-state index in [4.69, 9.17) is 10.2 Å². The summed E-state index contributed by atoms with van der Waals surface area (Å²) in [5, 5.41) is 0. The van der Waals surface area contributed by atoms with E-state index < -0.39 is 14.1 Å². The van der Waals surface area contributed by atoms with Crippen molar-refractivity contribution < 1.29 is 8.82 Å². The quantitative estimate of drug-likeness (QED) is 0.665. The van der Waals surface area contributed by atoms with Crippen LogP contribution in [0.5, 0.6) is 5.75 Å². The van der Waals surface area contributed by atoms with Gasteiger partial charge in [-0.3, -0.25) is 0 Å². The lowest BCUT2D eigenvalue weighted by Crippen LogP contribution is -2.29. The van der Waals surface area contributed by atoms with Gasteiger partial charge in [0.05, 0.1) is 4.47 Å². The van der Waals surface area contributed by atoms with E-state index in [1.807, 2.05) is 19.6 Å². The van der Waals surface area contributed by atoms with E-state index in [1.165, 1.54) is 0 Å². The Kier molecular flexibility index (Phi) is 3.21. The highest BCUT2D eigenvalue weighted by molar-refractivity contribution is 9.10. The molecule has 0 atom stereocenters. The van der Waals surface area contributed by atoms with E-state index in [1.54, 1.807) is 12.1 Å². The molecule has 2 nitrogen and oxygen atoms in total. The molecule has 0 aromatic heterocycles. The Bertz CT molecular complexity index is 351. The molecule has 0 radical (unpaired) electrons. The van der Waals surface area contributed by atoms with Crippen LogP contribution in [-0.4, -0.2) is 8.32 Å². The molecule has 0 saturated heterocycles. The minimum absolute atomic E-state index is 0.0711. The Balaban J connectivity index is 3.06. The maximum absolute atomic E-state index is 13.3. The number of nitrogens with two attached hydrogens (primary N) is 1. The zero-order valence-electron chi connectivity index (χ0n) is 8.40. The topological polar surface area (TPSA) is 35.2 Å². The lowest BCUT2D eigenvalue weighted by Gasteiger charge is -2.20. The van der Waals surface area contributed by atoms with Crippen LogP contribution in [0.4, 0.5) is 10.1 Å². The number of hydrogen-bond donors (Lipinski definition) is 1. The first-order valence-electron chi connectivity index (χ1n) is 4.24. The molecule has 0 amide bonds. The van der Waals surface area contributed by atoms with Gasteiger partial charge in [-0.25, -0.2) is 4.39 Å². The molecule has 0 heterocycles. The molecule has 78 valence electrons. The van der Waals surface area contributed by atoms with Crippen molar-refractivity contribution in [2.75, 3.05) is 5.73 Å². The molecule has 0 aliphatic carbocycles. The van der Waals surface area contributed by atoms with Crippen molar-refractivity contribution in [2.45, 2.75) is 19.6 Å². The summed E-state index contributed by atoms with van der Waals surface area (Å²) in [6.07, 6.45) is 0. The van der Waals surface area contributed by atoms with Crippen LogP contribution in [0.15, 0.2) is 16.6 Å². The summed E-state index contributed by atoms with van der Waals surface area (Å²) >= 11 is 3.06. The molecule has 0 bridgehead atoms. The number of benzene rings is 1. The maximum atomic E-state index is 13.3. The van der Waals surface area contributed by atoms with E-state index >= 15 is 0 Å². The van der Waals surface area contributed by atoms with Gasteiger partial charge in [-0.05, 0) is 47.7 Å². The summed E-state index contributed by atoms with van der Waals surface area (Å²) in [6, 6.07) is 3.28. The van der Waals surface area contributed by atoms with Crippen LogP contribution >= 0.6 is 15.9 Å². The van der Waals surface area contributed by atoms with E-state index in [2.05, 4.69) is 15.9 Å². The van der Waals surface area contributed by atoms with Crippen molar-refractivity contribution in [2.24, 2.45) is 0 Å². The number of rotatable bonds is 2. The average Bonchev–Trinajstić information content (AvgIpc) is 2.04. The molecule has 0 spiro atoms. The zero-order chi connectivity index (χ0) is 10.9. The zero-order valence-corrected chi connectivity index (χ0v) is 11.0. The molecule has 0 aliphatic rings. The third-order valence-electron chi connectivity index (χ3n) is 1.51. The van der Waals surface area contributed by atoms with Gasteiger partial charge in [-0.15, -0.1) is 0 Å². The second kappa shape index (κ2) is 3.90. The first-order chi connectivity index (χ1) is 6.31.